The normalized spacial score (nSPS) is 12.3. The third-order valence-corrected chi connectivity index (χ3v) is 7.59. The quantitative estimate of drug-likeness (QED) is 0.313. The lowest BCUT2D eigenvalue weighted by Crippen LogP contribution is -2.07. The van der Waals surface area contributed by atoms with Crippen molar-refractivity contribution in [3.8, 4) is 5.75 Å². The monoisotopic (exact) mass is 461 g/mol. The van der Waals surface area contributed by atoms with Gasteiger partial charge in [-0.2, -0.15) is 0 Å². The second kappa shape index (κ2) is 8.29. The van der Waals surface area contributed by atoms with Gasteiger partial charge in [0.15, 0.2) is 16.7 Å². The van der Waals surface area contributed by atoms with E-state index >= 15 is 0 Å². The van der Waals surface area contributed by atoms with Gasteiger partial charge in [0.05, 0.1) is 21.8 Å². The van der Waals surface area contributed by atoms with E-state index in [0.717, 1.165) is 21.2 Å². The Bertz CT molecular complexity index is 1470. The average molecular weight is 462 g/mol. The maximum atomic E-state index is 13.1. The van der Waals surface area contributed by atoms with Crippen LogP contribution in [0, 0.1) is 13.8 Å². The van der Waals surface area contributed by atoms with Crippen molar-refractivity contribution in [3.63, 3.8) is 0 Å². The molecule has 0 spiro atoms. The van der Waals surface area contributed by atoms with Crippen LogP contribution in [0.25, 0.3) is 21.7 Å². The molecule has 32 heavy (non-hydrogen) atoms. The molecule has 2 N–H and O–H groups in total. The van der Waals surface area contributed by atoms with Gasteiger partial charge in [-0.15, -0.1) is 0 Å². The summed E-state index contributed by atoms with van der Waals surface area (Å²) in [4.78, 5) is 6.59. The van der Waals surface area contributed by atoms with E-state index in [2.05, 4.69) is 14.9 Å². The molecule has 0 fully saturated rings. The number of aryl methyl sites for hydroxylation is 2. The number of phenolic OH excluding ortho intramolecular Hbond substituents is 1. The number of anilines is 1. The fraction of sp³-hybridized carbons (Fsp3) is 0.0833. The Kier molecular flexibility index (Phi) is 5.32. The molecule has 2 heterocycles. The summed E-state index contributed by atoms with van der Waals surface area (Å²) in [7, 11) is -1.58. The third kappa shape index (κ3) is 3.61. The second-order valence-corrected chi connectivity index (χ2v) is 9.51. The van der Waals surface area contributed by atoms with Gasteiger partial charge in [0.25, 0.3) is 0 Å². The molecular formula is C24H19N3O3S2. The summed E-state index contributed by atoms with van der Waals surface area (Å²) in [5, 5.41) is 17.4. The molecule has 0 amide bonds. The van der Waals surface area contributed by atoms with Crippen molar-refractivity contribution in [2.75, 3.05) is 4.72 Å². The number of pyridine rings is 1. The zero-order valence-electron chi connectivity index (χ0n) is 17.3. The molecule has 5 rings (SSSR count). The molecule has 1 atom stereocenters. The van der Waals surface area contributed by atoms with Crippen molar-refractivity contribution in [2.45, 2.75) is 28.5 Å². The number of nitrogens with one attached hydrogen (secondary N) is 1. The molecule has 0 radical (unpaired) electrons. The zero-order chi connectivity index (χ0) is 22.2. The van der Waals surface area contributed by atoms with E-state index in [-0.39, 0.29) is 5.75 Å². The van der Waals surface area contributed by atoms with Gasteiger partial charge < -0.3 is 14.4 Å². The number of fused-ring (bicyclic) bond motifs is 2. The molecule has 2 aromatic heterocycles. The van der Waals surface area contributed by atoms with Gasteiger partial charge in [-0.3, -0.25) is 4.98 Å². The Morgan fingerprint density at radius 1 is 1.00 bits per heavy atom. The van der Waals surface area contributed by atoms with E-state index < -0.39 is 11.0 Å². The standard InChI is InChI=1S/C24H19N3O3S2/c1-14-24(15(2)30-26-14)32(29)27-19-13-21(23(28)18-10-4-3-9-17(18)19)31-20-11-5-7-16-8-6-12-25-22(16)20/h3-13,27-28H,1-2H3. The third-order valence-electron chi connectivity index (χ3n) is 5.15. The van der Waals surface area contributed by atoms with Crippen LogP contribution in [0.3, 0.4) is 0 Å². The smallest absolute Gasteiger partial charge is 0.155 e. The van der Waals surface area contributed by atoms with E-state index in [4.69, 9.17) is 4.52 Å². The number of phenols is 1. The molecule has 0 bridgehead atoms. The molecule has 160 valence electrons. The highest BCUT2D eigenvalue weighted by atomic mass is 32.2. The summed E-state index contributed by atoms with van der Waals surface area (Å²) in [5.41, 5.74) is 2.08. The highest BCUT2D eigenvalue weighted by Gasteiger charge is 2.19. The summed E-state index contributed by atoms with van der Waals surface area (Å²) >= 11 is 1.42. The number of hydrogen-bond acceptors (Lipinski definition) is 6. The molecule has 0 aliphatic heterocycles. The molecule has 0 aliphatic carbocycles. The van der Waals surface area contributed by atoms with Crippen molar-refractivity contribution >= 4 is 50.1 Å². The van der Waals surface area contributed by atoms with Crippen molar-refractivity contribution in [3.05, 3.63) is 78.3 Å². The molecule has 0 saturated heterocycles. The highest BCUT2D eigenvalue weighted by Crippen LogP contribution is 2.44. The number of benzene rings is 3. The molecule has 0 aliphatic rings. The predicted molar refractivity (Wildman–Crippen MR) is 127 cm³/mol. The van der Waals surface area contributed by atoms with Crippen LogP contribution in [0.5, 0.6) is 5.75 Å². The van der Waals surface area contributed by atoms with Gasteiger partial charge in [-0.1, -0.05) is 59.4 Å². The lowest BCUT2D eigenvalue weighted by molar-refractivity contribution is 0.391. The Morgan fingerprint density at radius 2 is 1.78 bits per heavy atom. The van der Waals surface area contributed by atoms with Gasteiger partial charge in [0.2, 0.25) is 0 Å². The largest absolute Gasteiger partial charge is 0.506 e. The fourth-order valence-corrected chi connectivity index (χ4v) is 5.77. The SMILES string of the molecule is Cc1noc(C)c1S(=O)Nc1cc(Sc2cccc3cccnc23)c(O)c2ccccc12. The first-order chi connectivity index (χ1) is 15.5. The van der Waals surface area contributed by atoms with E-state index in [9.17, 15) is 9.32 Å². The number of nitrogens with zero attached hydrogens (tertiary/aromatic N) is 2. The number of aromatic hydroxyl groups is 1. The number of rotatable bonds is 5. The Labute approximate surface area is 191 Å². The summed E-state index contributed by atoms with van der Waals surface area (Å²) in [5.74, 6) is 0.681. The minimum atomic E-state index is -1.58. The van der Waals surface area contributed by atoms with Crippen LogP contribution >= 0.6 is 11.8 Å². The van der Waals surface area contributed by atoms with Crippen LogP contribution in [0.15, 0.2) is 86.1 Å². The molecule has 3 aromatic carbocycles. The average Bonchev–Trinajstić information content (AvgIpc) is 3.15. The minimum absolute atomic E-state index is 0.173. The van der Waals surface area contributed by atoms with Gasteiger partial charge in [-0.25, -0.2) is 4.21 Å². The van der Waals surface area contributed by atoms with Crippen LogP contribution < -0.4 is 4.72 Å². The molecule has 8 heteroatoms. The maximum Gasteiger partial charge on any atom is 0.155 e. The molecule has 1 unspecified atom stereocenters. The van der Waals surface area contributed by atoms with E-state index in [1.54, 1.807) is 20.0 Å². The summed E-state index contributed by atoms with van der Waals surface area (Å²) < 4.78 is 21.4. The molecular weight excluding hydrogens is 442 g/mol. The first-order valence-corrected chi connectivity index (χ1v) is 11.9. The number of aromatic nitrogens is 2. The first kappa shape index (κ1) is 20.5. The van der Waals surface area contributed by atoms with E-state index in [1.165, 1.54) is 11.8 Å². The van der Waals surface area contributed by atoms with Gasteiger partial charge in [0.1, 0.15) is 10.6 Å². The lowest BCUT2D eigenvalue weighted by Gasteiger charge is -2.14. The maximum absolute atomic E-state index is 13.1. The predicted octanol–water partition coefficient (Wildman–Crippen LogP) is 5.98. The summed E-state index contributed by atoms with van der Waals surface area (Å²) in [6.07, 6.45) is 1.76. The van der Waals surface area contributed by atoms with Crippen molar-refractivity contribution in [1.82, 2.24) is 10.1 Å². The second-order valence-electron chi connectivity index (χ2n) is 7.27. The molecule has 0 saturated carbocycles. The highest BCUT2D eigenvalue weighted by molar-refractivity contribution is 7.99. The zero-order valence-corrected chi connectivity index (χ0v) is 19.0. The topological polar surface area (TPSA) is 88.3 Å². The lowest BCUT2D eigenvalue weighted by atomic mass is 10.1. The van der Waals surface area contributed by atoms with Crippen molar-refractivity contribution < 1.29 is 13.8 Å². The fourth-order valence-electron chi connectivity index (χ4n) is 3.66. The van der Waals surface area contributed by atoms with Crippen LogP contribution in [0.2, 0.25) is 0 Å². The molecule has 6 nitrogen and oxygen atoms in total. The van der Waals surface area contributed by atoms with Crippen LogP contribution in [0.4, 0.5) is 5.69 Å². The molecule has 5 aromatic rings. The van der Waals surface area contributed by atoms with Crippen LogP contribution in [0.1, 0.15) is 11.5 Å². The van der Waals surface area contributed by atoms with Crippen molar-refractivity contribution in [2.24, 2.45) is 0 Å². The summed E-state index contributed by atoms with van der Waals surface area (Å²) in [6.45, 7) is 3.49. The van der Waals surface area contributed by atoms with E-state index in [1.807, 2.05) is 60.7 Å². The van der Waals surface area contributed by atoms with Gasteiger partial charge in [-0.05, 0) is 32.0 Å². The summed E-state index contributed by atoms with van der Waals surface area (Å²) in [6, 6.07) is 19.2. The number of para-hydroxylation sites is 1. The Hall–Kier alpha value is -3.36. The van der Waals surface area contributed by atoms with Crippen molar-refractivity contribution in [1.29, 1.82) is 0 Å². The van der Waals surface area contributed by atoms with Gasteiger partial charge >= 0.3 is 0 Å². The van der Waals surface area contributed by atoms with Crippen LogP contribution in [-0.4, -0.2) is 19.5 Å². The number of hydrogen-bond donors (Lipinski definition) is 2. The van der Waals surface area contributed by atoms with E-state index in [0.29, 0.717) is 32.3 Å². The first-order valence-electron chi connectivity index (χ1n) is 9.90. The minimum Gasteiger partial charge on any atom is -0.506 e. The Morgan fingerprint density at radius 3 is 2.56 bits per heavy atom. The van der Waals surface area contributed by atoms with Gasteiger partial charge in [0, 0.05) is 27.3 Å². The Balaban J connectivity index is 1.61. The van der Waals surface area contributed by atoms with Crippen LogP contribution in [-0.2, 0) is 11.0 Å².